The lowest BCUT2D eigenvalue weighted by Crippen LogP contribution is -1.92. The summed E-state index contributed by atoms with van der Waals surface area (Å²) in [5, 5.41) is 6.95. The van der Waals surface area contributed by atoms with Crippen molar-refractivity contribution in [3.63, 3.8) is 0 Å². The molecule has 0 unspecified atom stereocenters. The van der Waals surface area contributed by atoms with Crippen LogP contribution < -0.4 is 5.73 Å². The predicted octanol–water partition coefficient (Wildman–Crippen LogP) is 3.77. The number of anilines is 1. The zero-order valence-electron chi connectivity index (χ0n) is 10.0. The molecule has 2 nitrogen and oxygen atoms in total. The first kappa shape index (κ1) is 13.7. The molecule has 1 rings (SSSR count). The molecule has 15 heavy (non-hydrogen) atoms. The van der Waals surface area contributed by atoms with E-state index in [4.69, 9.17) is 11.1 Å². The topological polar surface area (TPSA) is 49.9 Å². The molecule has 0 bridgehead atoms. The molecule has 0 atom stereocenters. The number of nitrogen functional groups attached to an aromatic ring is 1. The lowest BCUT2D eigenvalue weighted by molar-refractivity contribution is 0.772. The smallest absolute Gasteiger partial charge is 0.0405 e. The van der Waals surface area contributed by atoms with E-state index < -0.39 is 0 Å². The summed E-state index contributed by atoms with van der Waals surface area (Å²) >= 11 is 0. The number of aryl methyl sites for hydroxylation is 1. The molecule has 1 aromatic carbocycles. The van der Waals surface area contributed by atoms with Gasteiger partial charge in [-0.3, -0.25) is 0 Å². The average molecular weight is 206 g/mol. The van der Waals surface area contributed by atoms with Crippen LogP contribution in [-0.2, 0) is 0 Å². The second-order valence-corrected chi connectivity index (χ2v) is 3.63. The Morgan fingerprint density at radius 3 is 2.20 bits per heavy atom. The molecule has 0 spiro atoms. The van der Waals surface area contributed by atoms with Crippen molar-refractivity contribution in [2.45, 2.75) is 40.0 Å². The van der Waals surface area contributed by atoms with Crippen molar-refractivity contribution in [2.24, 2.45) is 0 Å². The molecule has 0 aromatic heterocycles. The van der Waals surface area contributed by atoms with Gasteiger partial charge in [-0.1, -0.05) is 45.2 Å². The van der Waals surface area contributed by atoms with Gasteiger partial charge >= 0.3 is 0 Å². The zero-order chi connectivity index (χ0) is 11.7. The molecule has 0 amide bonds. The molecule has 0 heterocycles. The highest BCUT2D eigenvalue weighted by molar-refractivity contribution is 5.84. The summed E-state index contributed by atoms with van der Waals surface area (Å²) in [5.41, 5.74) is 8.17. The number of rotatable bonds is 3. The normalized spacial score (nSPS) is 9.00. The highest BCUT2D eigenvalue weighted by Crippen LogP contribution is 2.10. The van der Waals surface area contributed by atoms with Crippen molar-refractivity contribution in [1.82, 2.24) is 0 Å². The third-order valence-electron chi connectivity index (χ3n) is 2.10. The Bertz CT molecular complexity index is 291. The molecular formula is C13H22N2. The maximum absolute atomic E-state index is 6.95. The Kier molecular flexibility index (Phi) is 7.33. The Hall–Kier alpha value is -1.31. The van der Waals surface area contributed by atoms with Crippen molar-refractivity contribution in [1.29, 1.82) is 5.41 Å². The molecule has 3 N–H and O–H groups in total. The molecule has 0 radical (unpaired) electrons. The van der Waals surface area contributed by atoms with E-state index in [-0.39, 0.29) is 0 Å². The molecular weight excluding hydrogens is 184 g/mol. The monoisotopic (exact) mass is 206 g/mol. The average Bonchev–Trinajstić information content (AvgIpc) is 2.20. The first-order valence-electron chi connectivity index (χ1n) is 5.52. The van der Waals surface area contributed by atoms with Gasteiger partial charge in [-0.05, 0) is 18.6 Å². The summed E-state index contributed by atoms with van der Waals surface area (Å²) in [6.07, 6.45) is 5.34. The van der Waals surface area contributed by atoms with Gasteiger partial charge in [0.15, 0.2) is 0 Å². The van der Waals surface area contributed by atoms with Crippen LogP contribution in [0.2, 0.25) is 0 Å². The van der Waals surface area contributed by atoms with Crippen LogP contribution >= 0.6 is 0 Å². The highest BCUT2D eigenvalue weighted by atomic mass is 14.6. The number of hydrogen-bond acceptors (Lipinski definition) is 2. The molecule has 2 heteroatoms. The molecule has 1 aromatic rings. The lowest BCUT2D eigenvalue weighted by Gasteiger charge is -1.98. The van der Waals surface area contributed by atoms with Gasteiger partial charge in [0, 0.05) is 17.5 Å². The Balaban J connectivity index is 0.000000336. The predicted molar refractivity (Wildman–Crippen MR) is 68.7 cm³/mol. The number of benzene rings is 1. The maximum atomic E-state index is 6.95. The maximum Gasteiger partial charge on any atom is 0.0405 e. The van der Waals surface area contributed by atoms with Gasteiger partial charge in [-0.25, -0.2) is 0 Å². The van der Waals surface area contributed by atoms with Crippen LogP contribution in [0.4, 0.5) is 5.69 Å². The second kappa shape index (κ2) is 8.04. The fraction of sp³-hybridized carbons (Fsp3) is 0.462. The van der Waals surface area contributed by atoms with Crippen LogP contribution in [0.1, 0.15) is 44.2 Å². The molecule has 0 saturated heterocycles. The third kappa shape index (κ3) is 5.89. The van der Waals surface area contributed by atoms with Gasteiger partial charge in [-0.15, -0.1) is 0 Å². The van der Waals surface area contributed by atoms with E-state index in [0.29, 0.717) is 5.69 Å². The van der Waals surface area contributed by atoms with Gasteiger partial charge in [0.2, 0.25) is 0 Å². The van der Waals surface area contributed by atoms with Crippen molar-refractivity contribution in [3.05, 3.63) is 29.3 Å². The van der Waals surface area contributed by atoms with E-state index in [1.54, 1.807) is 0 Å². The Morgan fingerprint density at radius 1 is 1.27 bits per heavy atom. The van der Waals surface area contributed by atoms with Gasteiger partial charge in [-0.2, -0.15) is 0 Å². The van der Waals surface area contributed by atoms with E-state index in [1.165, 1.54) is 25.5 Å². The van der Waals surface area contributed by atoms with Gasteiger partial charge in [0.05, 0.1) is 0 Å². The van der Waals surface area contributed by atoms with E-state index in [0.717, 1.165) is 11.1 Å². The van der Waals surface area contributed by atoms with Crippen LogP contribution in [0.25, 0.3) is 0 Å². The molecule has 84 valence electrons. The first-order chi connectivity index (χ1) is 7.15. The largest absolute Gasteiger partial charge is 0.398 e. The Labute approximate surface area is 93.0 Å². The van der Waals surface area contributed by atoms with Gasteiger partial charge in [0.25, 0.3) is 0 Å². The summed E-state index contributed by atoms with van der Waals surface area (Å²) in [6.45, 7) is 6.40. The van der Waals surface area contributed by atoms with Crippen LogP contribution in [0.5, 0.6) is 0 Å². The van der Waals surface area contributed by atoms with E-state index in [1.807, 2.05) is 25.1 Å². The Morgan fingerprint density at radius 2 is 1.87 bits per heavy atom. The quantitative estimate of drug-likeness (QED) is 0.574. The third-order valence-corrected chi connectivity index (χ3v) is 2.10. The summed E-state index contributed by atoms with van der Waals surface area (Å²) in [6, 6.07) is 5.65. The number of hydrogen-bond donors (Lipinski definition) is 2. The van der Waals surface area contributed by atoms with Crippen molar-refractivity contribution >= 4 is 11.9 Å². The minimum Gasteiger partial charge on any atom is -0.398 e. The second-order valence-electron chi connectivity index (χ2n) is 3.63. The fourth-order valence-corrected chi connectivity index (χ4v) is 1.18. The lowest BCUT2D eigenvalue weighted by atomic mass is 10.1. The van der Waals surface area contributed by atoms with Gasteiger partial charge < -0.3 is 11.1 Å². The number of nitrogens with one attached hydrogen (secondary N) is 1. The van der Waals surface area contributed by atoms with E-state index in [2.05, 4.69) is 13.8 Å². The minimum atomic E-state index is 0.676. The van der Waals surface area contributed by atoms with Crippen molar-refractivity contribution < 1.29 is 0 Å². The van der Waals surface area contributed by atoms with Crippen LogP contribution in [0.3, 0.4) is 0 Å². The minimum absolute atomic E-state index is 0.676. The van der Waals surface area contributed by atoms with Crippen LogP contribution in [0, 0.1) is 12.3 Å². The van der Waals surface area contributed by atoms with Crippen molar-refractivity contribution in [3.8, 4) is 0 Å². The SMILES string of the molecule is CCCCC.Cc1ccc(C=N)c(N)c1. The molecule has 0 aliphatic rings. The van der Waals surface area contributed by atoms with Crippen molar-refractivity contribution in [2.75, 3.05) is 5.73 Å². The van der Waals surface area contributed by atoms with Crippen LogP contribution in [0.15, 0.2) is 18.2 Å². The summed E-state index contributed by atoms with van der Waals surface area (Å²) in [4.78, 5) is 0. The molecule has 0 saturated carbocycles. The van der Waals surface area contributed by atoms with E-state index >= 15 is 0 Å². The molecule has 0 fully saturated rings. The standard InChI is InChI=1S/C8H10N2.C5H12/c1-6-2-3-7(5-9)8(10)4-6;1-3-5-4-2/h2-5,9H,10H2,1H3;3-5H2,1-2H3. The summed E-state index contributed by atoms with van der Waals surface area (Å²) in [5.74, 6) is 0. The summed E-state index contributed by atoms with van der Waals surface area (Å²) < 4.78 is 0. The highest BCUT2D eigenvalue weighted by Gasteiger charge is 1.92. The van der Waals surface area contributed by atoms with E-state index in [9.17, 15) is 0 Å². The number of nitrogens with two attached hydrogens (primary N) is 1. The number of unbranched alkanes of at least 4 members (excludes halogenated alkanes) is 2. The molecule has 0 aliphatic heterocycles. The zero-order valence-corrected chi connectivity index (χ0v) is 10.0. The fourth-order valence-electron chi connectivity index (χ4n) is 1.18. The van der Waals surface area contributed by atoms with Gasteiger partial charge in [0.1, 0.15) is 0 Å². The summed E-state index contributed by atoms with van der Waals surface area (Å²) in [7, 11) is 0. The first-order valence-corrected chi connectivity index (χ1v) is 5.52. The van der Waals surface area contributed by atoms with Crippen LogP contribution in [-0.4, -0.2) is 6.21 Å². The molecule has 0 aliphatic carbocycles.